The Morgan fingerprint density at radius 1 is 1.36 bits per heavy atom. The summed E-state index contributed by atoms with van der Waals surface area (Å²) in [6.45, 7) is 7.23. The van der Waals surface area contributed by atoms with E-state index in [1.807, 2.05) is 0 Å². The molecule has 14 heavy (non-hydrogen) atoms. The van der Waals surface area contributed by atoms with Gasteiger partial charge < -0.3 is 5.32 Å². The van der Waals surface area contributed by atoms with Crippen LogP contribution in [0.5, 0.6) is 0 Å². The molecule has 3 unspecified atom stereocenters. The zero-order valence-electron chi connectivity index (χ0n) is 9.81. The van der Waals surface area contributed by atoms with Crippen LogP contribution < -0.4 is 5.32 Å². The third-order valence-electron chi connectivity index (χ3n) is 4.61. The fourth-order valence-electron chi connectivity index (χ4n) is 3.48. The van der Waals surface area contributed by atoms with Crippen LogP contribution in [0.3, 0.4) is 0 Å². The number of nitrogens with one attached hydrogen (secondary N) is 1. The third-order valence-corrected chi connectivity index (χ3v) is 4.61. The Morgan fingerprint density at radius 3 is 2.93 bits per heavy atom. The molecule has 2 rings (SSSR count). The van der Waals surface area contributed by atoms with Crippen molar-refractivity contribution in [2.45, 2.75) is 52.4 Å². The summed E-state index contributed by atoms with van der Waals surface area (Å²) in [5.74, 6) is 2.02. The van der Waals surface area contributed by atoms with E-state index < -0.39 is 0 Å². The average Bonchev–Trinajstić information content (AvgIpc) is 2.87. The second kappa shape index (κ2) is 4.22. The van der Waals surface area contributed by atoms with Gasteiger partial charge in [-0.05, 0) is 49.6 Å². The highest BCUT2D eigenvalue weighted by molar-refractivity contribution is 5.07. The van der Waals surface area contributed by atoms with Crippen molar-refractivity contribution in [1.29, 1.82) is 0 Å². The second-order valence-corrected chi connectivity index (χ2v) is 5.49. The highest BCUT2D eigenvalue weighted by Crippen LogP contribution is 2.63. The fourth-order valence-corrected chi connectivity index (χ4v) is 3.48. The largest absolute Gasteiger partial charge is 0.316 e. The highest BCUT2D eigenvalue weighted by atomic mass is 14.9. The summed E-state index contributed by atoms with van der Waals surface area (Å²) >= 11 is 0. The maximum Gasteiger partial charge on any atom is -0.00149 e. The van der Waals surface area contributed by atoms with E-state index in [9.17, 15) is 0 Å². The molecule has 2 fully saturated rings. The van der Waals surface area contributed by atoms with Crippen LogP contribution >= 0.6 is 0 Å². The van der Waals surface area contributed by atoms with E-state index in [0.717, 1.165) is 17.3 Å². The molecule has 0 aliphatic heterocycles. The SMILES string of the molecule is CCCNCC1CC12CCCCC2C. The minimum atomic E-state index is 0.791. The monoisotopic (exact) mass is 195 g/mol. The Kier molecular flexibility index (Phi) is 3.16. The maximum absolute atomic E-state index is 3.59. The molecule has 2 aliphatic rings. The van der Waals surface area contributed by atoms with Crippen LogP contribution in [-0.4, -0.2) is 13.1 Å². The lowest BCUT2D eigenvalue weighted by molar-refractivity contribution is 0.208. The lowest BCUT2D eigenvalue weighted by Gasteiger charge is -2.30. The van der Waals surface area contributed by atoms with E-state index in [-0.39, 0.29) is 0 Å². The molecule has 0 aromatic carbocycles. The van der Waals surface area contributed by atoms with E-state index in [1.54, 1.807) is 0 Å². The molecule has 2 aliphatic carbocycles. The molecular weight excluding hydrogens is 170 g/mol. The molecule has 2 saturated carbocycles. The van der Waals surface area contributed by atoms with Crippen molar-refractivity contribution in [3.8, 4) is 0 Å². The van der Waals surface area contributed by atoms with Gasteiger partial charge in [-0.2, -0.15) is 0 Å². The third kappa shape index (κ3) is 1.84. The zero-order valence-corrected chi connectivity index (χ0v) is 9.81. The van der Waals surface area contributed by atoms with Crippen LogP contribution in [0.25, 0.3) is 0 Å². The molecule has 0 aromatic heterocycles. The first-order chi connectivity index (χ1) is 6.79. The van der Waals surface area contributed by atoms with Crippen molar-refractivity contribution < 1.29 is 0 Å². The topological polar surface area (TPSA) is 12.0 Å². The number of hydrogen-bond donors (Lipinski definition) is 1. The van der Waals surface area contributed by atoms with Crippen LogP contribution in [0.4, 0.5) is 0 Å². The van der Waals surface area contributed by atoms with E-state index in [0.29, 0.717) is 0 Å². The molecule has 0 aromatic rings. The Balaban J connectivity index is 1.76. The quantitative estimate of drug-likeness (QED) is 0.679. The summed E-state index contributed by atoms with van der Waals surface area (Å²) in [7, 11) is 0. The second-order valence-electron chi connectivity index (χ2n) is 5.49. The molecule has 0 amide bonds. The van der Waals surface area contributed by atoms with Crippen LogP contribution in [0.2, 0.25) is 0 Å². The molecule has 1 N–H and O–H groups in total. The van der Waals surface area contributed by atoms with Gasteiger partial charge in [-0.3, -0.25) is 0 Å². The average molecular weight is 195 g/mol. The van der Waals surface area contributed by atoms with Crippen molar-refractivity contribution in [2.75, 3.05) is 13.1 Å². The van der Waals surface area contributed by atoms with Gasteiger partial charge in [0.15, 0.2) is 0 Å². The van der Waals surface area contributed by atoms with E-state index in [4.69, 9.17) is 0 Å². The van der Waals surface area contributed by atoms with Crippen molar-refractivity contribution in [2.24, 2.45) is 17.3 Å². The molecule has 0 radical (unpaired) electrons. The normalized spacial score (nSPS) is 41.6. The first kappa shape index (κ1) is 10.5. The summed E-state index contributed by atoms with van der Waals surface area (Å²) < 4.78 is 0. The van der Waals surface area contributed by atoms with Crippen molar-refractivity contribution in [1.82, 2.24) is 5.32 Å². The molecule has 1 nitrogen and oxygen atoms in total. The van der Waals surface area contributed by atoms with Gasteiger partial charge in [0.05, 0.1) is 0 Å². The van der Waals surface area contributed by atoms with Gasteiger partial charge in [0.25, 0.3) is 0 Å². The summed E-state index contributed by atoms with van der Waals surface area (Å²) in [6.07, 6.45) is 8.78. The molecule has 1 spiro atoms. The van der Waals surface area contributed by atoms with Crippen LogP contribution in [0, 0.1) is 17.3 Å². The van der Waals surface area contributed by atoms with E-state index in [1.165, 1.54) is 51.6 Å². The van der Waals surface area contributed by atoms with Gasteiger partial charge in [-0.25, -0.2) is 0 Å². The Hall–Kier alpha value is -0.0400. The first-order valence-corrected chi connectivity index (χ1v) is 6.50. The number of hydrogen-bond acceptors (Lipinski definition) is 1. The molecule has 82 valence electrons. The van der Waals surface area contributed by atoms with Crippen LogP contribution in [0.1, 0.15) is 52.4 Å². The summed E-state index contributed by atoms with van der Waals surface area (Å²) in [6, 6.07) is 0. The predicted molar refractivity (Wildman–Crippen MR) is 61.3 cm³/mol. The van der Waals surface area contributed by atoms with Crippen LogP contribution in [-0.2, 0) is 0 Å². The van der Waals surface area contributed by atoms with Gasteiger partial charge in [0, 0.05) is 0 Å². The maximum atomic E-state index is 3.59. The lowest BCUT2D eigenvalue weighted by Crippen LogP contribution is -2.25. The van der Waals surface area contributed by atoms with Crippen molar-refractivity contribution >= 4 is 0 Å². The summed E-state index contributed by atoms with van der Waals surface area (Å²) in [4.78, 5) is 0. The molecule has 3 atom stereocenters. The highest BCUT2D eigenvalue weighted by Gasteiger charge is 2.56. The predicted octanol–water partition coefficient (Wildman–Crippen LogP) is 3.20. The van der Waals surface area contributed by atoms with Gasteiger partial charge >= 0.3 is 0 Å². The molecule has 1 heteroatoms. The minimum absolute atomic E-state index is 0.791. The molecule has 0 bridgehead atoms. The molecular formula is C13H25N. The Bertz CT molecular complexity index is 190. The van der Waals surface area contributed by atoms with Gasteiger partial charge in [0.2, 0.25) is 0 Å². The van der Waals surface area contributed by atoms with Gasteiger partial charge in [0.1, 0.15) is 0 Å². The lowest BCUT2D eigenvalue weighted by atomic mass is 9.76. The number of rotatable bonds is 4. The van der Waals surface area contributed by atoms with Gasteiger partial charge in [-0.1, -0.05) is 33.1 Å². The van der Waals surface area contributed by atoms with Gasteiger partial charge in [-0.15, -0.1) is 0 Å². The van der Waals surface area contributed by atoms with E-state index >= 15 is 0 Å². The van der Waals surface area contributed by atoms with Crippen molar-refractivity contribution in [3.05, 3.63) is 0 Å². The molecule has 0 heterocycles. The Morgan fingerprint density at radius 2 is 2.21 bits per heavy atom. The smallest absolute Gasteiger partial charge is 0.00149 e. The Labute approximate surface area is 88.7 Å². The summed E-state index contributed by atoms with van der Waals surface area (Å²) in [5, 5.41) is 3.59. The summed E-state index contributed by atoms with van der Waals surface area (Å²) in [5.41, 5.74) is 0.791. The van der Waals surface area contributed by atoms with Crippen molar-refractivity contribution in [3.63, 3.8) is 0 Å². The standard InChI is InChI=1S/C13H25N/c1-3-8-14-10-12-9-13(12)7-5-4-6-11(13)2/h11-12,14H,3-10H2,1-2H3. The minimum Gasteiger partial charge on any atom is -0.316 e. The van der Waals surface area contributed by atoms with Crippen LogP contribution in [0.15, 0.2) is 0 Å². The zero-order chi connectivity index (χ0) is 10.0. The van der Waals surface area contributed by atoms with E-state index in [2.05, 4.69) is 19.2 Å². The first-order valence-electron chi connectivity index (χ1n) is 6.50. The fraction of sp³-hybridized carbons (Fsp3) is 1.00. The molecule has 0 saturated heterocycles.